The fourth-order valence-corrected chi connectivity index (χ4v) is 10.8. The van der Waals surface area contributed by atoms with Crippen LogP contribution in [0.2, 0.25) is 0 Å². The molecule has 200 valence electrons. The topological polar surface area (TPSA) is 60.4 Å². The molecule has 9 atom stereocenters. The predicted octanol–water partition coefficient (Wildman–Crippen LogP) is 6.96. The standard InChI is InChI=1S/C32H48O4/c1-27(2)22-9-12-31(6)23(30(22,5)11-10-24(27)34)17-21(33)26-20-18-28(3,19-25(35)36-8)13-14-29(20,4)15-16-32(26,31)7/h10-11,20,22-23,26H,9,12-19H2,1-8H3/t20-,22-,23?,26?,28-,29+,30-,31+,32+/m0/s1. The maximum atomic E-state index is 14.4. The van der Waals surface area contributed by atoms with Crippen LogP contribution in [0.1, 0.15) is 106 Å². The van der Waals surface area contributed by atoms with Crippen molar-refractivity contribution >= 4 is 17.5 Å². The molecule has 5 aliphatic carbocycles. The lowest BCUT2D eigenvalue weighted by Gasteiger charge is -2.71. The monoisotopic (exact) mass is 496 g/mol. The average molecular weight is 497 g/mol. The van der Waals surface area contributed by atoms with Crippen LogP contribution in [0.3, 0.4) is 0 Å². The van der Waals surface area contributed by atoms with Gasteiger partial charge in [0.15, 0.2) is 5.78 Å². The number of allylic oxidation sites excluding steroid dienone is 2. The number of rotatable bonds is 2. The quantitative estimate of drug-likeness (QED) is 0.388. The van der Waals surface area contributed by atoms with E-state index in [1.54, 1.807) is 0 Å². The summed E-state index contributed by atoms with van der Waals surface area (Å²) in [5.41, 5.74) is -0.466. The number of methoxy groups -OCH3 is 1. The van der Waals surface area contributed by atoms with Crippen molar-refractivity contribution in [3.63, 3.8) is 0 Å². The van der Waals surface area contributed by atoms with Crippen molar-refractivity contribution in [1.82, 2.24) is 0 Å². The number of esters is 1. The summed E-state index contributed by atoms with van der Waals surface area (Å²) in [6.45, 7) is 16.2. The second-order valence-corrected chi connectivity index (χ2v) is 15.4. The van der Waals surface area contributed by atoms with E-state index in [1.165, 1.54) is 7.11 Å². The maximum absolute atomic E-state index is 14.4. The molecule has 5 rings (SSSR count). The largest absolute Gasteiger partial charge is 0.469 e. The van der Waals surface area contributed by atoms with Crippen LogP contribution in [0.15, 0.2) is 12.2 Å². The second-order valence-electron chi connectivity index (χ2n) is 15.4. The van der Waals surface area contributed by atoms with Crippen LogP contribution in [0, 0.1) is 56.2 Å². The van der Waals surface area contributed by atoms with E-state index >= 15 is 0 Å². The molecule has 0 radical (unpaired) electrons. The molecule has 4 fully saturated rings. The second kappa shape index (κ2) is 7.79. The maximum Gasteiger partial charge on any atom is 0.306 e. The Kier molecular flexibility index (Phi) is 5.66. The van der Waals surface area contributed by atoms with Gasteiger partial charge < -0.3 is 4.74 Å². The first-order chi connectivity index (χ1) is 16.6. The Bertz CT molecular complexity index is 1030. The molecule has 0 amide bonds. The number of ketones is 2. The molecule has 2 unspecified atom stereocenters. The van der Waals surface area contributed by atoms with Gasteiger partial charge in [-0.3, -0.25) is 14.4 Å². The zero-order chi connectivity index (χ0) is 26.5. The van der Waals surface area contributed by atoms with E-state index in [4.69, 9.17) is 4.74 Å². The van der Waals surface area contributed by atoms with Gasteiger partial charge in [-0.15, -0.1) is 0 Å². The highest BCUT2D eigenvalue weighted by molar-refractivity contribution is 5.96. The van der Waals surface area contributed by atoms with E-state index in [1.807, 2.05) is 6.08 Å². The minimum atomic E-state index is -0.379. The third-order valence-corrected chi connectivity index (χ3v) is 13.4. The Labute approximate surface area is 218 Å². The lowest BCUT2D eigenvalue weighted by atomic mass is 9.32. The van der Waals surface area contributed by atoms with E-state index in [9.17, 15) is 14.4 Å². The molecule has 4 saturated carbocycles. The van der Waals surface area contributed by atoms with Gasteiger partial charge in [0.1, 0.15) is 5.78 Å². The predicted molar refractivity (Wildman–Crippen MR) is 141 cm³/mol. The van der Waals surface area contributed by atoms with Crippen LogP contribution in [0.4, 0.5) is 0 Å². The molecule has 4 nitrogen and oxygen atoms in total. The summed E-state index contributed by atoms with van der Waals surface area (Å²) < 4.78 is 5.06. The van der Waals surface area contributed by atoms with Crippen molar-refractivity contribution in [3.8, 4) is 0 Å². The summed E-state index contributed by atoms with van der Waals surface area (Å²) >= 11 is 0. The molecule has 5 aliphatic rings. The van der Waals surface area contributed by atoms with E-state index < -0.39 is 0 Å². The summed E-state index contributed by atoms with van der Waals surface area (Å²) in [7, 11) is 1.48. The fraction of sp³-hybridized carbons (Fsp3) is 0.844. The summed E-state index contributed by atoms with van der Waals surface area (Å²) in [5.74, 6) is 1.46. The van der Waals surface area contributed by atoms with Crippen LogP contribution in [0.5, 0.6) is 0 Å². The number of hydrogen-bond acceptors (Lipinski definition) is 4. The Balaban J connectivity index is 1.55. The van der Waals surface area contributed by atoms with E-state index in [-0.39, 0.29) is 62.0 Å². The molecule has 0 spiro atoms. The molecular formula is C32H48O4. The molecule has 4 heteroatoms. The van der Waals surface area contributed by atoms with Crippen LogP contribution < -0.4 is 0 Å². The lowest BCUT2D eigenvalue weighted by Crippen LogP contribution is -2.68. The zero-order valence-electron chi connectivity index (χ0n) is 24.0. The SMILES string of the molecule is COC(=O)C[C@@]1(C)CC[C@]2(C)CC[C@]3(C)C(C(=O)CC4[C@@]5(C)C=CC(=O)C(C)(C)[C@@H]5CC[C@]43C)[C@@H]2C1. The molecule has 0 heterocycles. The molecule has 0 N–H and O–H groups in total. The first-order valence-corrected chi connectivity index (χ1v) is 14.4. The van der Waals surface area contributed by atoms with Gasteiger partial charge in [-0.25, -0.2) is 0 Å². The third-order valence-electron chi connectivity index (χ3n) is 13.4. The number of ether oxygens (including phenoxy) is 1. The highest BCUT2D eigenvalue weighted by Gasteiger charge is 2.71. The van der Waals surface area contributed by atoms with Gasteiger partial charge in [0.05, 0.1) is 13.5 Å². The molecular weight excluding hydrogens is 448 g/mol. The first kappa shape index (κ1) is 26.2. The molecule has 0 aliphatic heterocycles. The molecule has 0 aromatic carbocycles. The lowest BCUT2D eigenvalue weighted by molar-refractivity contribution is -0.221. The summed E-state index contributed by atoms with van der Waals surface area (Å²) in [5, 5.41) is 0. The van der Waals surface area contributed by atoms with Gasteiger partial charge in [0.25, 0.3) is 0 Å². The number of fused-ring (bicyclic) bond motifs is 7. The third kappa shape index (κ3) is 3.27. The molecule has 0 saturated heterocycles. The minimum Gasteiger partial charge on any atom is -0.469 e. The molecule has 36 heavy (non-hydrogen) atoms. The van der Waals surface area contributed by atoms with Gasteiger partial charge in [0, 0.05) is 17.8 Å². The van der Waals surface area contributed by atoms with E-state index in [2.05, 4.69) is 54.5 Å². The Hall–Kier alpha value is -1.45. The zero-order valence-corrected chi connectivity index (χ0v) is 24.0. The fourth-order valence-electron chi connectivity index (χ4n) is 10.8. The summed E-state index contributed by atoms with van der Waals surface area (Å²) in [6, 6.07) is 0. The van der Waals surface area contributed by atoms with Crippen LogP contribution in [-0.4, -0.2) is 24.6 Å². The van der Waals surface area contributed by atoms with Crippen molar-refractivity contribution in [1.29, 1.82) is 0 Å². The number of carbonyl (C=O) groups excluding carboxylic acids is 3. The highest BCUT2D eigenvalue weighted by atomic mass is 16.5. The molecule has 0 aromatic rings. The van der Waals surface area contributed by atoms with Crippen molar-refractivity contribution < 1.29 is 19.1 Å². The summed E-state index contributed by atoms with van der Waals surface area (Å²) in [4.78, 5) is 39.5. The average Bonchev–Trinajstić information content (AvgIpc) is 2.79. The van der Waals surface area contributed by atoms with Gasteiger partial charge in [-0.2, -0.15) is 0 Å². The number of carbonyl (C=O) groups is 3. The van der Waals surface area contributed by atoms with E-state index in [0.29, 0.717) is 24.5 Å². The van der Waals surface area contributed by atoms with Crippen molar-refractivity contribution in [2.24, 2.45) is 56.2 Å². The minimum absolute atomic E-state index is 0.0508. The van der Waals surface area contributed by atoms with Gasteiger partial charge in [0.2, 0.25) is 0 Å². The van der Waals surface area contributed by atoms with Gasteiger partial charge in [-0.1, -0.05) is 54.5 Å². The molecule has 0 aromatic heterocycles. The van der Waals surface area contributed by atoms with E-state index in [0.717, 1.165) is 44.9 Å². The Morgan fingerprint density at radius 2 is 1.58 bits per heavy atom. The van der Waals surface area contributed by atoms with Gasteiger partial charge in [-0.05, 0) is 95.9 Å². The number of hydrogen-bond donors (Lipinski definition) is 0. The van der Waals surface area contributed by atoms with Crippen LogP contribution in [0.25, 0.3) is 0 Å². The Morgan fingerprint density at radius 3 is 2.25 bits per heavy atom. The highest BCUT2D eigenvalue weighted by Crippen LogP contribution is 2.75. The first-order valence-electron chi connectivity index (χ1n) is 14.4. The van der Waals surface area contributed by atoms with Crippen LogP contribution in [-0.2, 0) is 19.1 Å². The Morgan fingerprint density at radius 1 is 0.917 bits per heavy atom. The van der Waals surface area contributed by atoms with Crippen molar-refractivity contribution in [2.75, 3.05) is 7.11 Å². The summed E-state index contributed by atoms with van der Waals surface area (Å²) in [6.07, 6.45) is 12.6. The normalized spacial score (nSPS) is 51.4. The smallest absolute Gasteiger partial charge is 0.306 e. The molecule has 0 bridgehead atoms. The van der Waals surface area contributed by atoms with Crippen molar-refractivity contribution in [2.45, 2.75) is 106 Å². The van der Waals surface area contributed by atoms with Crippen LogP contribution >= 0.6 is 0 Å². The van der Waals surface area contributed by atoms with Gasteiger partial charge >= 0.3 is 5.97 Å². The van der Waals surface area contributed by atoms with Crippen molar-refractivity contribution in [3.05, 3.63) is 12.2 Å². The number of Topliss-reactive ketones (excluding diaryl/α,β-unsaturated/α-hetero) is 1.